The van der Waals surface area contributed by atoms with E-state index in [0.29, 0.717) is 6.04 Å². The minimum Gasteiger partial charge on any atom is -0.390 e. The van der Waals surface area contributed by atoms with Crippen LogP contribution in [0.5, 0.6) is 0 Å². The fraction of sp³-hybridized carbons (Fsp3) is 0.500. The van der Waals surface area contributed by atoms with E-state index in [1.807, 2.05) is 12.1 Å². The van der Waals surface area contributed by atoms with Crippen molar-refractivity contribution < 1.29 is 5.11 Å². The average molecular weight is 282 g/mol. The number of anilines is 1. The van der Waals surface area contributed by atoms with E-state index in [0.717, 1.165) is 23.7 Å². The van der Waals surface area contributed by atoms with Gasteiger partial charge in [0, 0.05) is 23.7 Å². The number of hydrogen-bond acceptors (Lipinski definition) is 3. The van der Waals surface area contributed by atoms with Crippen LogP contribution in [-0.4, -0.2) is 22.7 Å². The van der Waals surface area contributed by atoms with Crippen LogP contribution in [0.3, 0.4) is 0 Å². The Hall–Kier alpha value is -1.61. The van der Waals surface area contributed by atoms with E-state index in [-0.39, 0.29) is 6.61 Å². The third-order valence-corrected chi connectivity index (χ3v) is 5.23. The average Bonchev–Trinajstić information content (AvgIpc) is 2.97. The SMILES string of the molecule is OCc1cc(N2CCC3CCCCC32)c2ccccc2n1. The number of pyridine rings is 1. The lowest BCUT2D eigenvalue weighted by atomic mass is 9.85. The molecule has 2 aromatic rings. The standard InChI is InChI=1S/C18H22N2O/c21-12-14-11-18(15-6-2-3-7-16(15)19-14)20-10-9-13-5-1-4-8-17(13)20/h2-3,6-7,11,13,17,21H,1,4-5,8-10,12H2. The van der Waals surface area contributed by atoms with Crippen LogP contribution >= 0.6 is 0 Å². The van der Waals surface area contributed by atoms with Crippen molar-refractivity contribution in [2.24, 2.45) is 5.92 Å². The van der Waals surface area contributed by atoms with E-state index in [9.17, 15) is 5.11 Å². The van der Waals surface area contributed by atoms with Gasteiger partial charge < -0.3 is 10.0 Å². The molecule has 2 aliphatic rings. The van der Waals surface area contributed by atoms with Gasteiger partial charge in [-0.25, -0.2) is 0 Å². The second-order valence-corrected chi connectivity index (χ2v) is 6.40. The summed E-state index contributed by atoms with van der Waals surface area (Å²) in [5.41, 5.74) is 3.06. The maximum Gasteiger partial charge on any atom is 0.0854 e. The summed E-state index contributed by atoms with van der Waals surface area (Å²) in [6, 6.07) is 11.1. The fourth-order valence-corrected chi connectivity index (χ4v) is 4.23. The highest BCUT2D eigenvalue weighted by Crippen LogP contribution is 2.41. The number of aliphatic hydroxyl groups excluding tert-OH is 1. The number of para-hydroxylation sites is 1. The second kappa shape index (κ2) is 5.30. The number of aromatic nitrogens is 1. The first-order valence-electron chi connectivity index (χ1n) is 8.13. The Balaban J connectivity index is 1.81. The van der Waals surface area contributed by atoms with Crippen molar-refractivity contribution in [3.05, 3.63) is 36.0 Å². The molecule has 1 saturated carbocycles. The van der Waals surface area contributed by atoms with Gasteiger partial charge >= 0.3 is 0 Å². The lowest BCUT2D eigenvalue weighted by Crippen LogP contribution is -2.34. The minimum absolute atomic E-state index is 0.0137. The normalized spacial score (nSPS) is 25.3. The lowest BCUT2D eigenvalue weighted by Gasteiger charge is -2.34. The van der Waals surface area contributed by atoms with Crippen LogP contribution in [0, 0.1) is 5.92 Å². The van der Waals surface area contributed by atoms with E-state index < -0.39 is 0 Å². The van der Waals surface area contributed by atoms with E-state index in [1.165, 1.54) is 43.2 Å². The first kappa shape index (κ1) is 13.1. The minimum atomic E-state index is 0.0137. The highest BCUT2D eigenvalue weighted by atomic mass is 16.3. The molecule has 0 bridgehead atoms. The molecule has 2 atom stereocenters. The summed E-state index contributed by atoms with van der Waals surface area (Å²) in [5, 5.41) is 10.7. The molecule has 1 aromatic carbocycles. The van der Waals surface area contributed by atoms with Crippen molar-refractivity contribution in [2.75, 3.05) is 11.4 Å². The number of fused-ring (bicyclic) bond motifs is 2. The molecule has 3 heteroatoms. The van der Waals surface area contributed by atoms with E-state index in [4.69, 9.17) is 0 Å². The van der Waals surface area contributed by atoms with Gasteiger partial charge in [0.2, 0.25) is 0 Å². The summed E-state index contributed by atoms with van der Waals surface area (Å²) < 4.78 is 0. The van der Waals surface area contributed by atoms with Crippen LogP contribution in [0.25, 0.3) is 10.9 Å². The van der Waals surface area contributed by atoms with Crippen molar-refractivity contribution in [2.45, 2.75) is 44.8 Å². The predicted octanol–water partition coefficient (Wildman–Crippen LogP) is 3.50. The van der Waals surface area contributed by atoms with Gasteiger partial charge in [0.1, 0.15) is 0 Å². The van der Waals surface area contributed by atoms with Gasteiger partial charge in [-0.3, -0.25) is 4.98 Å². The van der Waals surface area contributed by atoms with Crippen LogP contribution in [0.4, 0.5) is 5.69 Å². The maximum absolute atomic E-state index is 9.52. The molecule has 0 amide bonds. The number of aliphatic hydroxyl groups is 1. The summed E-state index contributed by atoms with van der Waals surface area (Å²) >= 11 is 0. The summed E-state index contributed by atoms with van der Waals surface area (Å²) in [6.45, 7) is 1.16. The maximum atomic E-state index is 9.52. The number of nitrogens with zero attached hydrogens (tertiary/aromatic N) is 2. The molecule has 2 heterocycles. The first-order valence-corrected chi connectivity index (χ1v) is 8.13. The zero-order chi connectivity index (χ0) is 14.2. The Bertz CT molecular complexity index is 655. The molecule has 0 spiro atoms. The third kappa shape index (κ3) is 2.20. The molecule has 21 heavy (non-hydrogen) atoms. The topological polar surface area (TPSA) is 36.4 Å². The van der Waals surface area contributed by atoms with Gasteiger partial charge in [-0.05, 0) is 37.3 Å². The number of benzene rings is 1. The monoisotopic (exact) mass is 282 g/mol. The van der Waals surface area contributed by atoms with Gasteiger partial charge in [-0.2, -0.15) is 0 Å². The Labute approximate surface area is 125 Å². The molecule has 3 nitrogen and oxygen atoms in total. The molecule has 1 N–H and O–H groups in total. The van der Waals surface area contributed by atoms with Crippen molar-refractivity contribution >= 4 is 16.6 Å². The Morgan fingerprint density at radius 2 is 2.00 bits per heavy atom. The van der Waals surface area contributed by atoms with E-state index in [1.54, 1.807) is 0 Å². The van der Waals surface area contributed by atoms with E-state index in [2.05, 4.69) is 28.1 Å². The third-order valence-electron chi connectivity index (χ3n) is 5.23. The largest absolute Gasteiger partial charge is 0.390 e. The van der Waals surface area contributed by atoms with Gasteiger partial charge in [0.15, 0.2) is 0 Å². The highest BCUT2D eigenvalue weighted by molar-refractivity contribution is 5.92. The molecule has 1 aromatic heterocycles. The number of rotatable bonds is 2. The zero-order valence-electron chi connectivity index (χ0n) is 12.3. The summed E-state index contributed by atoms with van der Waals surface area (Å²) in [5.74, 6) is 0.864. The summed E-state index contributed by atoms with van der Waals surface area (Å²) in [6.07, 6.45) is 6.77. The van der Waals surface area contributed by atoms with Gasteiger partial charge in [0.05, 0.1) is 17.8 Å². The molecular formula is C18H22N2O. The molecule has 1 saturated heterocycles. The van der Waals surface area contributed by atoms with Crippen molar-refractivity contribution in [3.8, 4) is 0 Å². The first-order chi connectivity index (χ1) is 10.4. The van der Waals surface area contributed by atoms with Crippen LogP contribution in [0.2, 0.25) is 0 Å². The predicted molar refractivity (Wildman–Crippen MR) is 85.4 cm³/mol. The van der Waals surface area contributed by atoms with Crippen LogP contribution in [-0.2, 0) is 6.61 Å². The van der Waals surface area contributed by atoms with Crippen LogP contribution in [0.15, 0.2) is 30.3 Å². The smallest absolute Gasteiger partial charge is 0.0854 e. The summed E-state index contributed by atoms with van der Waals surface area (Å²) in [4.78, 5) is 7.14. The lowest BCUT2D eigenvalue weighted by molar-refractivity contribution is 0.277. The molecule has 110 valence electrons. The highest BCUT2D eigenvalue weighted by Gasteiger charge is 2.36. The van der Waals surface area contributed by atoms with Crippen molar-refractivity contribution in [1.82, 2.24) is 4.98 Å². The van der Waals surface area contributed by atoms with Gasteiger partial charge in [-0.1, -0.05) is 31.0 Å². The Morgan fingerprint density at radius 3 is 2.90 bits per heavy atom. The second-order valence-electron chi connectivity index (χ2n) is 6.40. The fourth-order valence-electron chi connectivity index (χ4n) is 4.23. The van der Waals surface area contributed by atoms with E-state index >= 15 is 0 Å². The molecule has 0 radical (unpaired) electrons. The van der Waals surface area contributed by atoms with Crippen molar-refractivity contribution in [1.29, 1.82) is 0 Å². The number of hydrogen-bond donors (Lipinski definition) is 1. The molecule has 1 aliphatic carbocycles. The van der Waals surface area contributed by atoms with Gasteiger partial charge in [-0.15, -0.1) is 0 Å². The molecular weight excluding hydrogens is 260 g/mol. The summed E-state index contributed by atoms with van der Waals surface area (Å²) in [7, 11) is 0. The van der Waals surface area contributed by atoms with Crippen LogP contribution < -0.4 is 4.90 Å². The quantitative estimate of drug-likeness (QED) is 0.916. The molecule has 4 rings (SSSR count). The Kier molecular flexibility index (Phi) is 3.30. The zero-order valence-corrected chi connectivity index (χ0v) is 12.3. The molecule has 1 aliphatic heterocycles. The van der Waals surface area contributed by atoms with Crippen molar-refractivity contribution in [3.63, 3.8) is 0 Å². The van der Waals surface area contributed by atoms with Crippen LogP contribution in [0.1, 0.15) is 37.8 Å². The van der Waals surface area contributed by atoms with Gasteiger partial charge in [0.25, 0.3) is 0 Å². The molecule has 2 unspecified atom stereocenters. The Morgan fingerprint density at radius 1 is 1.14 bits per heavy atom. The molecule has 2 fully saturated rings.